The molecule has 0 bridgehead atoms. The molecule has 3 aromatic rings. The van der Waals surface area contributed by atoms with Crippen molar-refractivity contribution in [1.82, 2.24) is 4.57 Å². The molecule has 0 atom stereocenters. The topological polar surface area (TPSA) is 60.7 Å². The summed E-state index contributed by atoms with van der Waals surface area (Å²) < 4.78 is 13.3. The second-order valence-electron chi connectivity index (χ2n) is 7.35. The molecule has 4 rings (SSSR count). The summed E-state index contributed by atoms with van der Waals surface area (Å²) in [5.41, 5.74) is 5.49. The van der Waals surface area contributed by atoms with Crippen LogP contribution in [0.5, 0.6) is 11.5 Å². The quantitative estimate of drug-likeness (QED) is 0.623. The molecular weight excluding hydrogens is 354 g/mol. The van der Waals surface area contributed by atoms with E-state index in [1.807, 2.05) is 32.9 Å². The Bertz CT molecular complexity index is 1080. The Balaban J connectivity index is 2.01. The van der Waals surface area contributed by atoms with Gasteiger partial charge in [-0.15, -0.1) is 0 Å². The maximum atomic E-state index is 12.7. The smallest absolute Gasteiger partial charge is 0.340 e. The fourth-order valence-electron chi connectivity index (χ4n) is 4.06. The van der Waals surface area contributed by atoms with Crippen LogP contribution in [-0.2, 0) is 4.74 Å². The van der Waals surface area contributed by atoms with Crippen LogP contribution in [-0.4, -0.2) is 29.4 Å². The van der Waals surface area contributed by atoms with E-state index in [1.54, 1.807) is 19.2 Å². The van der Waals surface area contributed by atoms with Gasteiger partial charge in [0, 0.05) is 22.7 Å². The zero-order valence-electron chi connectivity index (χ0n) is 16.7. The summed E-state index contributed by atoms with van der Waals surface area (Å²) in [6.45, 7) is 6.12. The second kappa shape index (κ2) is 6.89. The van der Waals surface area contributed by atoms with Crippen molar-refractivity contribution >= 4 is 16.9 Å². The fourth-order valence-corrected chi connectivity index (χ4v) is 4.06. The molecule has 1 aliphatic carbocycles. The number of rotatable bonds is 5. The lowest BCUT2D eigenvalue weighted by molar-refractivity contribution is 0.0527. The highest BCUT2D eigenvalue weighted by Crippen LogP contribution is 2.45. The molecule has 28 heavy (non-hydrogen) atoms. The molecule has 0 spiro atoms. The number of benzene rings is 2. The minimum absolute atomic E-state index is 0.239. The van der Waals surface area contributed by atoms with Gasteiger partial charge in [-0.1, -0.05) is 6.07 Å². The molecule has 5 heteroatoms. The van der Waals surface area contributed by atoms with E-state index in [2.05, 4.69) is 10.6 Å². The van der Waals surface area contributed by atoms with E-state index >= 15 is 0 Å². The first-order valence-corrected chi connectivity index (χ1v) is 9.65. The van der Waals surface area contributed by atoms with Crippen molar-refractivity contribution < 1.29 is 19.4 Å². The summed E-state index contributed by atoms with van der Waals surface area (Å²) in [6.07, 6.45) is 2.24. The third-order valence-corrected chi connectivity index (χ3v) is 5.46. The van der Waals surface area contributed by atoms with Gasteiger partial charge in [0.1, 0.15) is 11.5 Å². The van der Waals surface area contributed by atoms with E-state index in [4.69, 9.17) is 9.47 Å². The minimum atomic E-state index is -0.292. The first-order valence-electron chi connectivity index (χ1n) is 9.65. The molecule has 0 radical (unpaired) electrons. The number of nitrogens with zero attached hydrogens (tertiary/aromatic N) is 1. The second-order valence-corrected chi connectivity index (χ2v) is 7.35. The molecule has 1 N–H and O–H groups in total. The van der Waals surface area contributed by atoms with Gasteiger partial charge in [0.25, 0.3) is 0 Å². The van der Waals surface area contributed by atoms with Gasteiger partial charge in [-0.25, -0.2) is 4.79 Å². The number of phenolic OH excluding ortho intramolecular Hbond substituents is 1. The van der Waals surface area contributed by atoms with Gasteiger partial charge in [0.05, 0.1) is 24.8 Å². The van der Waals surface area contributed by atoms with Gasteiger partial charge in [-0.05, 0) is 69.0 Å². The lowest BCUT2D eigenvalue weighted by atomic mass is 9.97. The summed E-state index contributed by atoms with van der Waals surface area (Å²) in [6, 6.07) is 9.79. The Labute approximate surface area is 164 Å². The van der Waals surface area contributed by atoms with Crippen LogP contribution in [0.4, 0.5) is 0 Å². The zero-order chi connectivity index (χ0) is 20.0. The molecule has 1 saturated carbocycles. The first-order chi connectivity index (χ1) is 13.5. The summed E-state index contributed by atoms with van der Waals surface area (Å²) in [4.78, 5) is 12.7. The number of aromatic nitrogens is 1. The van der Waals surface area contributed by atoms with Gasteiger partial charge >= 0.3 is 5.97 Å². The van der Waals surface area contributed by atoms with Crippen LogP contribution >= 0.6 is 0 Å². The SMILES string of the molecule is CCOC(=O)c1c(C)n(C2CC2)c2cc(-c3ccc(O)cc3C)c(OC)cc12. The van der Waals surface area contributed by atoms with Crippen molar-refractivity contribution in [3.05, 3.63) is 47.2 Å². The highest BCUT2D eigenvalue weighted by atomic mass is 16.5. The molecule has 1 aliphatic rings. The molecule has 0 unspecified atom stereocenters. The van der Waals surface area contributed by atoms with Crippen LogP contribution in [0.25, 0.3) is 22.0 Å². The summed E-state index contributed by atoms with van der Waals surface area (Å²) in [7, 11) is 1.63. The number of fused-ring (bicyclic) bond motifs is 1. The largest absolute Gasteiger partial charge is 0.508 e. The van der Waals surface area contributed by atoms with Gasteiger partial charge in [0.15, 0.2) is 0 Å². The van der Waals surface area contributed by atoms with E-state index in [0.29, 0.717) is 24.0 Å². The average Bonchev–Trinajstić information content (AvgIpc) is 3.44. The van der Waals surface area contributed by atoms with Gasteiger partial charge < -0.3 is 19.1 Å². The van der Waals surface area contributed by atoms with Gasteiger partial charge in [-0.2, -0.15) is 0 Å². The maximum absolute atomic E-state index is 12.7. The molecule has 146 valence electrons. The summed E-state index contributed by atoms with van der Waals surface area (Å²) in [5, 5.41) is 10.6. The van der Waals surface area contributed by atoms with Gasteiger partial charge in [-0.3, -0.25) is 0 Å². The number of carbonyl (C=O) groups excluding carboxylic acids is 1. The Kier molecular flexibility index (Phi) is 4.53. The Hall–Kier alpha value is -2.95. The molecule has 5 nitrogen and oxygen atoms in total. The monoisotopic (exact) mass is 379 g/mol. The van der Waals surface area contributed by atoms with Crippen molar-refractivity contribution in [1.29, 1.82) is 0 Å². The summed E-state index contributed by atoms with van der Waals surface area (Å²) in [5.74, 6) is 0.642. The van der Waals surface area contributed by atoms with Crippen LogP contribution in [0.15, 0.2) is 30.3 Å². The normalized spacial score (nSPS) is 13.7. The molecule has 0 aliphatic heterocycles. The number of aryl methyl sites for hydroxylation is 1. The fraction of sp³-hybridized carbons (Fsp3) is 0.348. The Morgan fingerprint density at radius 2 is 1.93 bits per heavy atom. The number of methoxy groups -OCH3 is 1. The van der Waals surface area contributed by atoms with E-state index in [-0.39, 0.29) is 11.7 Å². The van der Waals surface area contributed by atoms with Crippen molar-refractivity contribution in [3.8, 4) is 22.6 Å². The zero-order valence-corrected chi connectivity index (χ0v) is 16.7. The van der Waals surface area contributed by atoms with E-state index in [0.717, 1.165) is 46.1 Å². The van der Waals surface area contributed by atoms with E-state index < -0.39 is 0 Å². The Morgan fingerprint density at radius 3 is 2.54 bits per heavy atom. The predicted molar refractivity (Wildman–Crippen MR) is 109 cm³/mol. The van der Waals surface area contributed by atoms with Crippen LogP contribution in [0.1, 0.15) is 47.4 Å². The standard InChI is InChI=1S/C23H25NO4/c1-5-28-23(26)22-14(3)24(15-6-7-15)20-11-18(21(27-4)12-19(20)22)17-9-8-16(25)10-13(17)2/h8-12,15,25H,5-7H2,1-4H3. The average molecular weight is 379 g/mol. The lowest BCUT2D eigenvalue weighted by Gasteiger charge is -2.14. The maximum Gasteiger partial charge on any atom is 0.340 e. The first kappa shape index (κ1) is 18.4. The molecule has 0 saturated heterocycles. The number of hydrogen-bond acceptors (Lipinski definition) is 4. The van der Waals surface area contributed by atoms with Gasteiger partial charge in [0.2, 0.25) is 0 Å². The highest BCUT2D eigenvalue weighted by molar-refractivity contribution is 6.07. The predicted octanol–water partition coefficient (Wildman–Crippen LogP) is 5.15. The number of esters is 1. The number of hydrogen-bond donors (Lipinski definition) is 1. The molecule has 1 heterocycles. The molecule has 1 fully saturated rings. The lowest BCUT2D eigenvalue weighted by Crippen LogP contribution is -2.07. The van der Waals surface area contributed by atoms with Crippen molar-refractivity contribution in [2.45, 2.75) is 39.7 Å². The van der Waals surface area contributed by atoms with Crippen LogP contribution < -0.4 is 4.74 Å². The van der Waals surface area contributed by atoms with Crippen LogP contribution in [0.3, 0.4) is 0 Å². The van der Waals surface area contributed by atoms with E-state index in [9.17, 15) is 9.90 Å². The molecule has 2 aromatic carbocycles. The minimum Gasteiger partial charge on any atom is -0.508 e. The molecule has 1 aromatic heterocycles. The highest BCUT2D eigenvalue weighted by Gasteiger charge is 2.31. The third-order valence-electron chi connectivity index (χ3n) is 5.46. The number of carbonyl (C=O) groups is 1. The third kappa shape index (κ3) is 2.91. The summed E-state index contributed by atoms with van der Waals surface area (Å²) >= 11 is 0. The number of aromatic hydroxyl groups is 1. The number of phenols is 1. The van der Waals surface area contributed by atoms with E-state index in [1.165, 1.54) is 0 Å². The van der Waals surface area contributed by atoms with Crippen molar-refractivity contribution in [2.75, 3.05) is 13.7 Å². The number of ether oxygens (including phenoxy) is 2. The Morgan fingerprint density at radius 1 is 1.18 bits per heavy atom. The van der Waals surface area contributed by atoms with Crippen molar-refractivity contribution in [3.63, 3.8) is 0 Å². The van der Waals surface area contributed by atoms with Crippen molar-refractivity contribution in [2.24, 2.45) is 0 Å². The van der Waals surface area contributed by atoms with Crippen LogP contribution in [0.2, 0.25) is 0 Å². The van der Waals surface area contributed by atoms with Crippen LogP contribution in [0, 0.1) is 13.8 Å². The molecular formula is C23H25NO4. The molecule has 0 amide bonds.